The second kappa shape index (κ2) is 10.2. The second-order valence-corrected chi connectivity index (χ2v) is 8.32. The number of hydrogen-bond acceptors (Lipinski definition) is 10. The maximum absolute atomic E-state index is 12.5. The summed E-state index contributed by atoms with van der Waals surface area (Å²) in [5.41, 5.74) is 4.21. The molecule has 3 rings (SSSR count). The van der Waals surface area contributed by atoms with Gasteiger partial charge in [-0.1, -0.05) is 0 Å². The standard InChI is InChI=1S/C19H22N4O9S/c20-10(7-33-9-3-1-8(24)2-4-9)16(28)22-12(18(29)30)15-13(26)14(27)17(32-15)23-6-5-11(25)21-19(23)31/h1-6,10,12-15,17,24,26-27H,7,20H2,(H,22,28)(H,29,30)(H,21,25,31)/t10-,12-,13-,14+,15+,17+/m0/s1. The molecule has 1 aromatic carbocycles. The quantitative estimate of drug-likeness (QED) is 0.196. The number of aliphatic hydroxyl groups is 2. The number of nitrogens with two attached hydrogens (primary N) is 1. The number of benzene rings is 1. The number of aliphatic carboxylic acids is 1. The van der Waals surface area contributed by atoms with Gasteiger partial charge in [0.15, 0.2) is 12.3 Å². The molecule has 8 N–H and O–H groups in total. The molecule has 1 aromatic heterocycles. The van der Waals surface area contributed by atoms with Crippen molar-refractivity contribution in [3.05, 3.63) is 57.4 Å². The van der Waals surface area contributed by atoms with E-state index in [1.54, 1.807) is 12.1 Å². The summed E-state index contributed by atoms with van der Waals surface area (Å²) in [5.74, 6) is -2.25. The molecule has 6 atom stereocenters. The van der Waals surface area contributed by atoms with E-state index >= 15 is 0 Å². The summed E-state index contributed by atoms with van der Waals surface area (Å²) in [6, 6.07) is 4.22. The number of phenolic OH excluding ortho intramolecular Hbond substituents is 1. The predicted molar refractivity (Wildman–Crippen MR) is 114 cm³/mol. The highest BCUT2D eigenvalue weighted by molar-refractivity contribution is 7.99. The molecule has 0 bridgehead atoms. The lowest BCUT2D eigenvalue weighted by Gasteiger charge is -2.24. The van der Waals surface area contributed by atoms with Crippen molar-refractivity contribution in [2.75, 3.05) is 5.75 Å². The lowest BCUT2D eigenvalue weighted by atomic mass is 10.0. The van der Waals surface area contributed by atoms with Gasteiger partial charge in [-0.3, -0.25) is 19.1 Å². The van der Waals surface area contributed by atoms with Gasteiger partial charge >= 0.3 is 11.7 Å². The number of carboxylic acid groups (broad SMARTS) is 1. The highest BCUT2D eigenvalue weighted by Crippen LogP contribution is 2.30. The molecule has 0 saturated carbocycles. The van der Waals surface area contributed by atoms with E-state index in [1.807, 2.05) is 4.98 Å². The van der Waals surface area contributed by atoms with Crippen LogP contribution in [0.25, 0.3) is 0 Å². The number of aromatic hydroxyl groups is 1. The summed E-state index contributed by atoms with van der Waals surface area (Å²) in [6.45, 7) is 0. The number of carbonyl (C=O) groups is 2. The Morgan fingerprint density at radius 1 is 1.18 bits per heavy atom. The molecule has 0 radical (unpaired) electrons. The van der Waals surface area contributed by atoms with Crippen LogP contribution in [0.3, 0.4) is 0 Å². The van der Waals surface area contributed by atoms with E-state index < -0.39 is 59.7 Å². The Labute approximate surface area is 189 Å². The number of hydrogen-bond donors (Lipinski definition) is 7. The van der Waals surface area contributed by atoms with Crippen LogP contribution in [0.2, 0.25) is 0 Å². The van der Waals surface area contributed by atoms with Crippen molar-refractivity contribution < 1.29 is 34.8 Å². The highest BCUT2D eigenvalue weighted by atomic mass is 32.2. The fraction of sp³-hybridized carbons (Fsp3) is 0.368. The van der Waals surface area contributed by atoms with E-state index in [9.17, 15) is 39.6 Å². The van der Waals surface area contributed by atoms with Gasteiger partial charge in [0.1, 0.15) is 24.1 Å². The molecule has 0 aliphatic carbocycles. The topological polar surface area (TPSA) is 217 Å². The Balaban J connectivity index is 1.69. The van der Waals surface area contributed by atoms with Gasteiger partial charge in [-0.05, 0) is 24.3 Å². The van der Waals surface area contributed by atoms with Crippen molar-refractivity contribution in [1.29, 1.82) is 0 Å². The normalized spacial score (nSPS) is 24.2. The van der Waals surface area contributed by atoms with Gasteiger partial charge < -0.3 is 36.2 Å². The van der Waals surface area contributed by atoms with Crippen LogP contribution < -0.4 is 22.3 Å². The van der Waals surface area contributed by atoms with Crippen LogP contribution in [0, 0.1) is 0 Å². The molecule has 1 aliphatic heterocycles. The zero-order chi connectivity index (χ0) is 24.3. The van der Waals surface area contributed by atoms with Crippen LogP contribution in [0.1, 0.15) is 6.23 Å². The van der Waals surface area contributed by atoms with Crippen LogP contribution in [-0.2, 0) is 14.3 Å². The number of aliphatic hydroxyl groups excluding tert-OH is 2. The lowest BCUT2D eigenvalue weighted by Crippen LogP contribution is -2.56. The highest BCUT2D eigenvalue weighted by Gasteiger charge is 2.50. The van der Waals surface area contributed by atoms with E-state index in [-0.39, 0.29) is 11.5 Å². The Morgan fingerprint density at radius 3 is 2.45 bits per heavy atom. The van der Waals surface area contributed by atoms with Crippen LogP contribution in [0.5, 0.6) is 5.75 Å². The third-order valence-corrected chi connectivity index (χ3v) is 6.03. The number of rotatable bonds is 8. The maximum atomic E-state index is 12.5. The lowest BCUT2D eigenvalue weighted by molar-refractivity contribution is -0.149. The van der Waals surface area contributed by atoms with Gasteiger partial charge in [-0.15, -0.1) is 11.8 Å². The maximum Gasteiger partial charge on any atom is 0.330 e. The van der Waals surface area contributed by atoms with Gasteiger partial charge in [-0.2, -0.15) is 0 Å². The van der Waals surface area contributed by atoms with E-state index in [2.05, 4.69) is 5.32 Å². The van der Waals surface area contributed by atoms with E-state index in [4.69, 9.17) is 10.5 Å². The van der Waals surface area contributed by atoms with Crippen LogP contribution in [0.15, 0.2) is 51.0 Å². The first kappa shape index (κ1) is 24.5. The molecule has 13 nitrogen and oxygen atoms in total. The van der Waals surface area contributed by atoms with Gasteiger partial charge in [0, 0.05) is 22.9 Å². The minimum absolute atomic E-state index is 0.0745. The number of carbonyl (C=O) groups excluding carboxylic acids is 1. The van der Waals surface area contributed by atoms with Crippen molar-refractivity contribution in [3.8, 4) is 5.75 Å². The SMILES string of the molecule is N[C@@H](CSc1ccc(O)cc1)C(=O)N[C@H](C(=O)O)[C@H]1O[C@@H](n2ccc(=O)[nH]c2=O)[C@H](O)[C@@H]1O. The van der Waals surface area contributed by atoms with Gasteiger partial charge in [0.2, 0.25) is 5.91 Å². The van der Waals surface area contributed by atoms with Crippen molar-refractivity contribution in [2.24, 2.45) is 5.73 Å². The van der Waals surface area contributed by atoms with Gasteiger partial charge in [0.25, 0.3) is 5.56 Å². The molecule has 2 heterocycles. The number of nitrogens with zero attached hydrogens (tertiary/aromatic N) is 1. The Kier molecular flexibility index (Phi) is 7.55. The summed E-state index contributed by atoms with van der Waals surface area (Å²) >= 11 is 1.20. The number of H-pyrrole nitrogens is 1. The third kappa shape index (κ3) is 5.61. The minimum Gasteiger partial charge on any atom is -0.508 e. The Morgan fingerprint density at radius 2 is 1.85 bits per heavy atom. The van der Waals surface area contributed by atoms with Gasteiger partial charge in [0.05, 0.1) is 6.04 Å². The molecule has 0 spiro atoms. The summed E-state index contributed by atoms with van der Waals surface area (Å²) in [4.78, 5) is 50.2. The molecular formula is C19H22N4O9S. The monoisotopic (exact) mass is 482 g/mol. The second-order valence-electron chi connectivity index (χ2n) is 7.23. The first-order chi connectivity index (χ1) is 15.6. The fourth-order valence-corrected chi connectivity index (χ4v) is 4.02. The number of aromatic amines is 1. The molecule has 1 amide bonds. The molecule has 1 fully saturated rings. The molecule has 14 heteroatoms. The van der Waals surface area contributed by atoms with Crippen LogP contribution in [-0.4, -0.2) is 78.0 Å². The Bertz CT molecular complexity index is 1120. The first-order valence-electron chi connectivity index (χ1n) is 9.62. The zero-order valence-electron chi connectivity index (χ0n) is 16.9. The van der Waals surface area contributed by atoms with Crippen LogP contribution in [0.4, 0.5) is 0 Å². The number of nitrogens with one attached hydrogen (secondary N) is 2. The number of ether oxygens (including phenoxy) is 1. The summed E-state index contributed by atoms with van der Waals surface area (Å²) in [5, 5.41) is 41.7. The van der Waals surface area contributed by atoms with Crippen molar-refractivity contribution in [3.63, 3.8) is 0 Å². The molecule has 1 saturated heterocycles. The molecule has 178 valence electrons. The summed E-state index contributed by atoms with van der Waals surface area (Å²) in [6.07, 6.45) is -5.61. The predicted octanol–water partition coefficient (Wildman–Crippen LogP) is -2.45. The smallest absolute Gasteiger partial charge is 0.330 e. The van der Waals surface area contributed by atoms with E-state index in [0.717, 1.165) is 21.7 Å². The van der Waals surface area contributed by atoms with E-state index in [1.165, 1.54) is 23.9 Å². The minimum atomic E-state index is -1.80. The summed E-state index contributed by atoms with van der Waals surface area (Å²) in [7, 11) is 0. The van der Waals surface area contributed by atoms with E-state index in [0.29, 0.717) is 0 Å². The largest absolute Gasteiger partial charge is 0.508 e. The van der Waals surface area contributed by atoms with Crippen molar-refractivity contribution >= 4 is 23.6 Å². The third-order valence-electron chi connectivity index (χ3n) is 4.90. The average Bonchev–Trinajstić information content (AvgIpc) is 3.05. The molecule has 2 aromatic rings. The number of amides is 1. The average molecular weight is 482 g/mol. The van der Waals surface area contributed by atoms with Crippen molar-refractivity contribution in [1.82, 2.24) is 14.9 Å². The molecular weight excluding hydrogens is 460 g/mol. The van der Waals surface area contributed by atoms with Crippen molar-refractivity contribution in [2.45, 2.75) is 41.5 Å². The molecule has 1 aliphatic rings. The van der Waals surface area contributed by atoms with Crippen LogP contribution >= 0.6 is 11.8 Å². The fourth-order valence-electron chi connectivity index (χ4n) is 3.17. The number of thioether (sulfide) groups is 1. The number of phenols is 1. The Hall–Kier alpha value is -3.17. The summed E-state index contributed by atoms with van der Waals surface area (Å²) < 4.78 is 6.20. The first-order valence-corrected chi connectivity index (χ1v) is 10.6. The number of carboxylic acids is 1. The van der Waals surface area contributed by atoms with Gasteiger partial charge in [-0.25, -0.2) is 9.59 Å². The zero-order valence-corrected chi connectivity index (χ0v) is 17.7. The number of aromatic nitrogens is 2. The molecule has 0 unspecified atom stereocenters. The molecule has 33 heavy (non-hydrogen) atoms.